The maximum absolute atomic E-state index is 11.3. The van der Waals surface area contributed by atoms with Gasteiger partial charge in [-0.3, -0.25) is 14.9 Å². The third-order valence-corrected chi connectivity index (χ3v) is 2.72. The molecule has 0 unspecified atom stereocenters. The van der Waals surface area contributed by atoms with E-state index in [-0.39, 0.29) is 11.3 Å². The Morgan fingerprint density at radius 3 is 2.12 bits per heavy atom. The summed E-state index contributed by atoms with van der Waals surface area (Å²) in [7, 11) is 2.53. The fraction of sp³-hybridized carbons (Fsp3) is 0.562. The zero-order chi connectivity index (χ0) is 19.8. The first-order valence-electron chi connectivity index (χ1n) is 7.99. The number of hydrogen-bond donors (Lipinski definition) is 0. The lowest BCUT2D eigenvalue weighted by atomic mass is 10.2. The standard InChI is InChI=1S/C10H11N3O4.C2H4O2.2C2H6/c1-17-10(14)7-5-8(13(15)16)9(11-6-7)12-3-2-4-12;1-4-2-3;2*1-2/h5-6H,2-4H2,1H3;2H,1H3;2*1-2H3. The SMILES string of the molecule is CC.CC.COC(=O)c1cnc(N2CCC2)c([N+](=O)[O-])c1.COC=O. The molecule has 2 rings (SSSR count). The second-order valence-corrected chi connectivity index (χ2v) is 3.99. The van der Waals surface area contributed by atoms with Gasteiger partial charge in [-0.15, -0.1) is 0 Å². The molecule has 0 bridgehead atoms. The Morgan fingerprint density at radius 2 is 1.80 bits per heavy atom. The molecule has 1 saturated heterocycles. The summed E-state index contributed by atoms with van der Waals surface area (Å²) in [6.07, 6.45) is 2.30. The van der Waals surface area contributed by atoms with Crippen LogP contribution in [0, 0.1) is 10.1 Å². The van der Waals surface area contributed by atoms with Crippen LogP contribution in [0.15, 0.2) is 12.3 Å². The van der Waals surface area contributed by atoms with Crippen LogP contribution < -0.4 is 4.90 Å². The zero-order valence-electron chi connectivity index (χ0n) is 15.6. The van der Waals surface area contributed by atoms with Gasteiger partial charge in [-0.1, -0.05) is 27.7 Å². The van der Waals surface area contributed by atoms with Crippen LogP contribution in [0.3, 0.4) is 0 Å². The molecule has 1 aliphatic rings. The van der Waals surface area contributed by atoms with Crippen molar-refractivity contribution in [1.82, 2.24) is 4.98 Å². The van der Waals surface area contributed by atoms with E-state index in [1.165, 1.54) is 26.5 Å². The van der Waals surface area contributed by atoms with E-state index in [1.807, 2.05) is 27.7 Å². The second-order valence-electron chi connectivity index (χ2n) is 3.99. The van der Waals surface area contributed by atoms with E-state index in [9.17, 15) is 14.9 Å². The van der Waals surface area contributed by atoms with Crippen molar-refractivity contribution in [3.05, 3.63) is 27.9 Å². The summed E-state index contributed by atoms with van der Waals surface area (Å²) < 4.78 is 8.36. The van der Waals surface area contributed by atoms with Crippen molar-refractivity contribution in [2.75, 3.05) is 32.2 Å². The van der Waals surface area contributed by atoms with Crippen LogP contribution >= 0.6 is 0 Å². The maximum Gasteiger partial charge on any atom is 0.339 e. The van der Waals surface area contributed by atoms with Gasteiger partial charge in [-0.2, -0.15) is 0 Å². The number of anilines is 1. The van der Waals surface area contributed by atoms with E-state index in [4.69, 9.17) is 4.79 Å². The predicted octanol–water partition coefficient (Wildman–Crippen LogP) is 2.83. The smallest absolute Gasteiger partial charge is 0.339 e. The highest BCUT2D eigenvalue weighted by Gasteiger charge is 2.26. The Labute approximate surface area is 148 Å². The lowest BCUT2D eigenvalue weighted by Crippen LogP contribution is -2.38. The minimum Gasteiger partial charge on any atom is -0.471 e. The van der Waals surface area contributed by atoms with Crippen LogP contribution in [-0.4, -0.2) is 49.7 Å². The van der Waals surface area contributed by atoms with Gasteiger partial charge in [0.25, 0.3) is 6.47 Å². The van der Waals surface area contributed by atoms with E-state index in [0.717, 1.165) is 19.5 Å². The fourth-order valence-corrected chi connectivity index (χ4v) is 1.58. The molecule has 0 radical (unpaired) electrons. The third-order valence-electron chi connectivity index (χ3n) is 2.72. The Balaban J connectivity index is 0. The number of rotatable bonds is 4. The molecule has 9 nitrogen and oxygen atoms in total. The van der Waals surface area contributed by atoms with Crippen LogP contribution in [0.4, 0.5) is 11.5 Å². The third kappa shape index (κ3) is 8.09. The molecule has 0 spiro atoms. The first-order valence-corrected chi connectivity index (χ1v) is 7.99. The number of methoxy groups -OCH3 is 2. The van der Waals surface area contributed by atoms with Crippen molar-refractivity contribution >= 4 is 23.9 Å². The van der Waals surface area contributed by atoms with Gasteiger partial charge in [-0.25, -0.2) is 9.78 Å². The molecule has 0 aliphatic carbocycles. The largest absolute Gasteiger partial charge is 0.471 e. The van der Waals surface area contributed by atoms with Crippen molar-refractivity contribution in [3.8, 4) is 0 Å². The van der Waals surface area contributed by atoms with E-state index in [2.05, 4.69) is 14.5 Å². The molecule has 0 saturated carbocycles. The van der Waals surface area contributed by atoms with Gasteiger partial charge in [-0.05, 0) is 6.42 Å². The molecule has 2 heterocycles. The van der Waals surface area contributed by atoms with Gasteiger partial charge in [0.2, 0.25) is 5.82 Å². The number of pyridine rings is 1. The summed E-state index contributed by atoms with van der Waals surface area (Å²) in [6, 6.07) is 1.20. The van der Waals surface area contributed by atoms with Crippen molar-refractivity contribution in [1.29, 1.82) is 0 Å². The summed E-state index contributed by atoms with van der Waals surface area (Å²) >= 11 is 0. The highest BCUT2D eigenvalue weighted by molar-refractivity contribution is 5.90. The zero-order valence-corrected chi connectivity index (χ0v) is 15.6. The van der Waals surface area contributed by atoms with Gasteiger partial charge in [0.05, 0.1) is 24.7 Å². The van der Waals surface area contributed by atoms with Crippen molar-refractivity contribution < 1.29 is 24.0 Å². The molecule has 142 valence electrons. The molecular formula is C16H27N3O6. The minimum absolute atomic E-state index is 0.0865. The van der Waals surface area contributed by atoms with Gasteiger partial charge in [0.1, 0.15) is 0 Å². The van der Waals surface area contributed by atoms with E-state index in [1.54, 1.807) is 4.90 Å². The number of nitro groups is 1. The van der Waals surface area contributed by atoms with E-state index < -0.39 is 10.9 Å². The fourth-order valence-electron chi connectivity index (χ4n) is 1.58. The molecular weight excluding hydrogens is 330 g/mol. The summed E-state index contributed by atoms with van der Waals surface area (Å²) in [5.74, 6) is -0.315. The number of nitrogens with zero attached hydrogens (tertiary/aromatic N) is 3. The van der Waals surface area contributed by atoms with Crippen LogP contribution in [0.2, 0.25) is 0 Å². The lowest BCUT2D eigenvalue weighted by Gasteiger charge is -2.31. The topological polar surface area (TPSA) is 112 Å². The average molecular weight is 357 g/mol. The highest BCUT2D eigenvalue weighted by Crippen LogP contribution is 2.29. The van der Waals surface area contributed by atoms with Crippen LogP contribution in [0.5, 0.6) is 0 Å². The molecule has 0 amide bonds. The predicted molar refractivity (Wildman–Crippen MR) is 94.8 cm³/mol. The lowest BCUT2D eigenvalue weighted by molar-refractivity contribution is -0.384. The van der Waals surface area contributed by atoms with Crippen LogP contribution in [0.25, 0.3) is 0 Å². The molecule has 9 heteroatoms. The number of esters is 1. The van der Waals surface area contributed by atoms with Crippen molar-refractivity contribution in [2.45, 2.75) is 34.1 Å². The first kappa shape index (κ1) is 24.5. The average Bonchev–Trinajstić information content (AvgIpc) is 2.63. The second kappa shape index (κ2) is 14.9. The number of ether oxygens (including phenoxy) is 2. The van der Waals surface area contributed by atoms with Crippen LogP contribution in [0.1, 0.15) is 44.5 Å². The molecule has 0 N–H and O–H groups in total. The number of carbonyl (C=O) groups excluding carboxylic acids is 2. The van der Waals surface area contributed by atoms with E-state index in [0.29, 0.717) is 12.3 Å². The van der Waals surface area contributed by atoms with Crippen molar-refractivity contribution in [3.63, 3.8) is 0 Å². The van der Waals surface area contributed by atoms with E-state index >= 15 is 0 Å². The monoisotopic (exact) mass is 357 g/mol. The molecule has 1 aliphatic heterocycles. The number of aromatic nitrogens is 1. The minimum atomic E-state index is -0.629. The van der Waals surface area contributed by atoms with Gasteiger partial charge in [0.15, 0.2) is 0 Å². The summed E-state index contributed by atoms with van der Waals surface area (Å²) in [6.45, 7) is 9.89. The maximum atomic E-state index is 11.3. The Bertz CT molecular complexity index is 533. The molecule has 1 fully saturated rings. The molecule has 25 heavy (non-hydrogen) atoms. The molecule has 1 aromatic rings. The normalized spacial score (nSPS) is 10.9. The van der Waals surface area contributed by atoms with Gasteiger partial charge >= 0.3 is 11.7 Å². The quantitative estimate of drug-likeness (QED) is 0.350. The summed E-state index contributed by atoms with van der Waals surface area (Å²) in [4.78, 5) is 36.4. The van der Waals surface area contributed by atoms with Crippen LogP contribution in [-0.2, 0) is 14.3 Å². The van der Waals surface area contributed by atoms with Crippen molar-refractivity contribution in [2.24, 2.45) is 0 Å². The first-order chi connectivity index (χ1) is 12.0. The van der Waals surface area contributed by atoms with Gasteiger partial charge < -0.3 is 14.4 Å². The summed E-state index contributed by atoms with van der Waals surface area (Å²) in [5.41, 5.74) is -0.0731. The Hall–Kier alpha value is -2.71. The highest BCUT2D eigenvalue weighted by atomic mass is 16.6. The summed E-state index contributed by atoms with van der Waals surface area (Å²) in [5, 5.41) is 10.9. The Morgan fingerprint density at radius 1 is 1.28 bits per heavy atom. The molecule has 1 aromatic heterocycles. The Kier molecular flexibility index (Phi) is 14.6. The van der Waals surface area contributed by atoms with Gasteiger partial charge in [0, 0.05) is 25.4 Å². The number of carbonyl (C=O) groups is 2. The number of hydrogen-bond acceptors (Lipinski definition) is 8. The molecule has 0 aromatic carbocycles. The molecule has 0 atom stereocenters.